The summed E-state index contributed by atoms with van der Waals surface area (Å²) >= 11 is 0. The van der Waals surface area contributed by atoms with Crippen LogP contribution >= 0.6 is 0 Å². The second-order valence-electron chi connectivity index (χ2n) is 4.41. The van der Waals surface area contributed by atoms with Crippen LogP contribution in [0.15, 0.2) is 24.3 Å². The summed E-state index contributed by atoms with van der Waals surface area (Å²) in [4.78, 5) is 2.58. The molecule has 0 N–H and O–H groups in total. The average Bonchev–Trinajstić information content (AvgIpc) is 2.38. The fourth-order valence-electron chi connectivity index (χ4n) is 2.46. The highest BCUT2D eigenvalue weighted by atomic mass is 15.1. The molecule has 0 aliphatic carbocycles. The van der Waals surface area contributed by atoms with E-state index in [0.717, 1.165) is 0 Å². The minimum atomic E-state index is 1.20. The number of benzene rings is 1. The molecule has 0 atom stereocenters. The Kier molecular flexibility index (Phi) is 3.79. The van der Waals surface area contributed by atoms with Gasteiger partial charge in [-0.1, -0.05) is 31.2 Å². The van der Waals surface area contributed by atoms with Crippen LogP contribution < -0.4 is 0 Å². The molecule has 0 saturated heterocycles. The van der Waals surface area contributed by atoms with Gasteiger partial charge in [-0.25, -0.2) is 0 Å². The van der Waals surface area contributed by atoms with Gasteiger partial charge in [0.1, 0.15) is 0 Å². The molecular weight excluding hydrogens is 182 g/mol. The molecule has 0 amide bonds. The third-order valence-corrected chi connectivity index (χ3v) is 3.41. The first kappa shape index (κ1) is 10.7. The summed E-state index contributed by atoms with van der Waals surface area (Å²) in [5.41, 5.74) is 3.16. The second-order valence-corrected chi connectivity index (χ2v) is 4.41. The van der Waals surface area contributed by atoms with E-state index in [-0.39, 0.29) is 0 Å². The molecule has 0 bridgehead atoms. The number of hydrogen-bond acceptors (Lipinski definition) is 1. The van der Waals surface area contributed by atoms with Gasteiger partial charge >= 0.3 is 0 Å². The Hall–Kier alpha value is -0.820. The summed E-state index contributed by atoms with van der Waals surface area (Å²) in [7, 11) is 0. The molecule has 0 unspecified atom stereocenters. The molecule has 1 aliphatic rings. The molecule has 0 radical (unpaired) electrons. The van der Waals surface area contributed by atoms with Crippen LogP contribution in [-0.2, 0) is 12.8 Å². The normalized spacial score (nSPS) is 18.7. The van der Waals surface area contributed by atoms with Crippen molar-refractivity contribution in [2.45, 2.75) is 32.6 Å². The molecule has 0 spiro atoms. The van der Waals surface area contributed by atoms with E-state index in [1.165, 1.54) is 45.3 Å². The van der Waals surface area contributed by atoms with Gasteiger partial charge in [0.25, 0.3) is 0 Å². The Labute approximate surface area is 93.1 Å². The molecule has 0 fully saturated rings. The maximum Gasteiger partial charge on any atom is -0.00157 e. The number of nitrogens with zero attached hydrogens (tertiary/aromatic N) is 1. The summed E-state index contributed by atoms with van der Waals surface area (Å²) in [6, 6.07) is 8.95. The summed E-state index contributed by atoms with van der Waals surface area (Å²) in [5, 5.41) is 0. The highest BCUT2D eigenvalue weighted by Crippen LogP contribution is 2.15. The van der Waals surface area contributed by atoms with E-state index in [2.05, 4.69) is 36.1 Å². The van der Waals surface area contributed by atoms with E-state index in [1.54, 1.807) is 11.1 Å². The van der Waals surface area contributed by atoms with Crippen LogP contribution in [0.3, 0.4) is 0 Å². The number of hydrogen-bond donors (Lipinski definition) is 0. The molecule has 0 saturated carbocycles. The van der Waals surface area contributed by atoms with Crippen molar-refractivity contribution >= 4 is 0 Å². The molecule has 1 heteroatoms. The van der Waals surface area contributed by atoms with Crippen LogP contribution in [0, 0.1) is 0 Å². The van der Waals surface area contributed by atoms with Crippen LogP contribution in [0.1, 0.15) is 30.9 Å². The Bertz CT molecular complexity index is 277. The van der Waals surface area contributed by atoms with Crippen molar-refractivity contribution in [2.24, 2.45) is 0 Å². The average molecular weight is 203 g/mol. The zero-order valence-electron chi connectivity index (χ0n) is 9.71. The fourth-order valence-corrected chi connectivity index (χ4v) is 2.46. The lowest BCUT2D eigenvalue weighted by molar-refractivity contribution is 0.284. The monoisotopic (exact) mass is 203 g/mol. The van der Waals surface area contributed by atoms with Gasteiger partial charge in [-0.3, -0.25) is 0 Å². The van der Waals surface area contributed by atoms with Crippen molar-refractivity contribution in [3.05, 3.63) is 35.4 Å². The van der Waals surface area contributed by atoms with Crippen LogP contribution in [0.5, 0.6) is 0 Å². The van der Waals surface area contributed by atoms with E-state index < -0.39 is 0 Å². The quantitative estimate of drug-likeness (QED) is 0.678. The zero-order valence-corrected chi connectivity index (χ0v) is 9.71. The minimum Gasteiger partial charge on any atom is -0.304 e. The Balaban J connectivity index is 2.07. The largest absolute Gasteiger partial charge is 0.304 e. The van der Waals surface area contributed by atoms with Gasteiger partial charge in [0.15, 0.2) is 0 Å². The maximum absolute atomic E-state index is 2.58. The van der Waals surface area contributed by atoms with Crippen molar-refractivity contribution < 1.29 is 0 Å². The van der Waals surface area contributed by atoms with Gasteiger partial charge in [-0.2, -0.15) is 0 Å². The molecule has 1 aromatic rings. The smallest absolute Gasteiger partial charge is 0.00157 e. The summed E-state index contributed by atoms with van der Waals surface area (Å²) < 4.78 is 0. The number of fused-ring (bicyclic) bond motifs is 1. The van der Waals surface area contributed by atoms with E-state index in [4.69, 9.17) is 0 Å². The fraction of sp³-hybridized carbons (Fsp3) is 0.571. The topological polar surface area (TPSA) is 3.24 Å². The third-order valence-electron chi connectivity index (χ3n) is 3.41. The predicted octanol–water partition coefficient (Wildman–Crippen LogP) is 2.89. The van der Waals surface area contributed by atoms with Gasteiger partial charge in [-0.15, -0.1) is 0 Å². The Morgan fingerprint density at radius 1 is 1.00 bits per heavy atom. The summed E-state index contributed by atoms with van der Waals surface area (Å²) in [6.45, 7) is 6.01. The first-order valence-corrected chi connectivity index (χ1v) is 6.19. The summed E-state index contributed by atoms with van der Waals surface area (Å²) in [5.74, 6) is 0. The van der Waals surface area contributed by atoms with Crippen molar-refractivity contribution in [1.29, 1.82) is 0 Å². The molecule has 0 aromatic heterocycles. The predicted molar refractivity (Wildman–Crippen MR) is 65.2 cm³/mol. The van der Waals surface area contributed by atoms with E-state index in [1.807, 2.05) is 0 Å². The Morgan fingerprint density at radius 3 is 2.00 bits per heavy atom. The highest BCUT2D eigenvalue weighted by Gasteiger charge is 2.08. The molecule has 15 heavy (non-hydrogen) atoms. The molecule has 1 aliphatic heterocycles. The van der Waals surface area contributed by atoms with Gasteiger partial charge in [0.2, 0.25) is 0 Å². The number of aryl methyl sites for hydroxylation is 2. The second kappa shape index (κ2) is 5.32. The van der Waals surface area contributed by atoms with Crippen molar-refractivity contribution in [1.82, 2.24) is 4.90 Å². The first-order chi connectivity index (χ1) is 7.40. The third kappa shape index (κ3) is 2.82. The highest BCUT2D eigenvalue weighted by molar-refractivity contribution is 5.27. The number of rotatable bonds is 1. The molecule has 82 valence electrons. The molecule has 1 nitrogen and oxygen atoms in total. The van der Waals surface area contributed by atoms with E-state index in [0.29, 0.717) is 0 Å². The van der Waals surface area contributed by atoms with Crippen LogP contribution in [0.25, 0.3) is 0 Å². The lowest BCUT2D eigenvalue weighted by atomic mass is 10.00. The van der Waals surface area contributed by atoms with Crippen LogP contribution in [0.4, 0.5) is 0 Å². The van der Waals surface area contributed by atoms with Gasteiger partial charge in [-0.05, 0) is 56.4 Å². The first-order valence-electron chi connectivity index (χ1n) is 6.19. The molecule has 2 rings (SSSR count). The van der Waals surface area contributed by atoms with Crippen molar-refractivity contribution in [3.8, 4) is 0 Å². The maximum atomic E-state index is 2.58. The van der Waals surface area contributed by atoms with Crippen molar-refractivity contribution in [3.63, 3.8) is 0 Å². The van der Waals surface area contributed by atoms with Crippen LogP contribution in [-0.4, -0.2) is 24.5 Å². The summed E-state index contributed by atoms with van der Waals surface area (Å²) in [6.07, 6.45) is 5.13. The SMILES string of the molecule is CCN1CCCc2ccccc2CCC1. The Morgan fingerprint density at radius 2 is 1.53 bits per heavy atom. The van der Waals surface area contributed by atoms with Gasteiger partial charge in [0.05, 0.1) is 0 Å². The molecular formula is C14H21N. The minimum absolute atomic E-state index is 1.20. The van der Waals surface area contributed by atoms with E-state index >= 15 is 0 Å². The lowest BCUT2D eigenvalue weighted by Gasteiger charge is -2.18. The lowest BCUT2D eigenvalue weighted by Crippen LogP contribution is -2.25. The molecule has 1 heterocycles. The zero-order chi connectivity index (χ0) is 10.5. The van der Waals surface area contributed by atoms with Crippen molar-refractivity contribution in [2.75, 3.05) is 19.6 Å². The van der Waals surface area contributed by atoms with Gasteiger partial charge in [0, 0.05) is 0 Å². The standard InChI is InChI=1S/C14H21N/c1-2-15-11-5-9-13-7-3-4-8-14(13)10-6-12-15/h3-4,7-8H,2,5-6,9-12H2,1H3. The van der Waals surface area contributed by atoms with Gasteiger partial charge < -0.3 is 4.90 Å². The van der Waals surface area contributed by atoms with Crippen LogP contribution in [0.2, 0.25) is 0 Å². The molecule has 1 aromatic carbocycles. The van der Waals surface area contributed by atoms with E-state index in [9.17, 15) is 0 Å².